The highest BCUT2D eigenvalue weighted by Gasteiger charge is 2.47. The van der Waals surface area contributed by atoms with Gasteiger partial charge in [-0.3, -0.25) is 4.90 Å². The van der Waals surface area contributed by atoms with Gasteiger partial charge in [0.2, 0.25) is 0 Å². The minimum absolute atomic E-state index is 0.255. The lowest BCUT2D eigenvalue weighted by atomic mass is 9.76. The first-order valence-corrected chi connectivity index (χ1v) is 7.71. The third kappa shape index (κ3) is 2.33. The van der Waals surface area contributed by atoms with Crippen LogP contribution in [0.15, 0.2) is 0 Å². The first-order chi connectivity index (χ1) is 8.61. The number of hydrogen-bond donors (Lipinski definition) is 1. The van der Waals surface area contributed by atoms with Crippen molar-refractivity contribution in [3.05, 3.63) is 0 Å². The number of rotatable bonds is 1. The largest absolute Gasteiger partial charge is 0.380 e. The molecule has 104 valence electrons. The molecule has 0 bridgehead atoms. The van der Waals surface area contributed by atoms with Crippen molar-refractivity contribution in [3.63, 3.8) is 0 Å². The topological polar surface area (TPSA) is 24.5 Å². The first kappa shape index (κ1) is 12.9. The molecule has 2 saturated heterocycles. The van der Waals surface area contributed by atoms with E-state index in [4.69, 9.17) is 4.74 Å². The van der Waals surface area contributed by atoms with Crippen molar-refractivity contribution in [2.75, 3.05) is 26.3 Å². The van der Waals surface area contributed by atoms with Crippen molar-refractivity contribution in [1.29, 1.82) is 0 Å². The zero-order valence-corrected chi connectivity index (χ0v) is 12.0. The summed E-state index contributed by atoms with van der Waals surface area (Å²) < 4.78 is 5.65. The summed E-state index contributed by atoms with van der Waals surface area (Å²) in [7, 11) is 0. The second-order valence-corrected chi connectivity index (χ2v) is 7.17. The summed E-state index contributed by atoms with van der Waals surface area (Å²) in [6.07, 6.45) is 8.25. The lowest BCUT2D eigenvalue weighted by Gasteiger charge is -2.56. The lowest BCUT2D eigenvalue weighted by Crippen LogP contribution is -2.70. The van der Waals surface area contributed by atoms with E-state index in [1.54, 1.807) is 0 Å². The molecule has 1 atom stereocenters. The average Bonchev–Trinajstić information content (AvgIpc) is 2.88. The van der Waals surface area contributed by atoms with Crippen LogP contribution in [0.25, 0.3) is 0 Å². The third-order valence-electron chi connectivity index (χ3n) is 5.20. The smallest absolute Gasteiger partial charge is 0.0622 e. The van der Waals surface area contributed by atoms with Crippen LogP contribution in [-0.2, 0) is 4.74 Å². The van der Waals surface area contributed by atoms with Crippen LogP contribution in [0.4, 0.5) is 0 Å². The summed E-state index contributed by atoms with van der Waals surface area (Å²) in [4.78, 5) is 2.83. The van der Waals surface area contributed by atoms with E-state index < -0.39 is 0 Å². The highest BCUT2D eigenvalue weighted by Crippen LogP contribution is 2.39. The summed E-state index contributed by atoms with van der Waals surface area (Å²) in [5, 5.41) is 3.79. The number of hydrogen-bond acceptors (Lipinski definition) is 3. The summed E-state index contributed by atoms with van der Waals surface area (Å²) in [6, 6.07) is 0.671. The van der Waals surface area contributed by atoms with E-state index in [0.29, 0.717) is 11.6 Å². The summed E-state index contributed by atoms with van der Waals surface area (Å²) in [5.41, 5.74) is 0.692. The van der Waals surface area contributed by atoms with Crippen molar-refractivity contribution in [2.45, 2.75) is 69.5 Å². The Balaban J connectivity index is 1.81. The van der Waals surface area contributed by atoms with Crippen LogP contribution in [0.1, 0.15) is 52.4 Å². The minimum Gasteiger partial charge on any atom is -0.380 e. The van der Waals surface area contributed by atoms with E-state index in [2.05, 4.69) is 24.1 Å². The molecule has 1 spiro atoms. The Morgan fingerprint density at radius 3 is 2.61 bits per heavy atom. The van der Waals surface area contributed by atoms with Gasteiger partial charge >= 0.3 is 0 Å². The third-order valence-corrected chi connectivity index (χ3v) is 5.20. The lowest BCUT2D eigenvalue weighted by molar-refractivity contribution is -0.0416. The molecular formula is C15H28N2O. The Morgan fingerprint density at radius 1 is 1.17 bits per heavy atom. The Bertz CT molecular complexity index is 291. The zero-order valence-electron chi connectivity index (χ0n) is 12.0. The molecule has 2 aliphatic heterocycles. The van der Waals surface area contributed by atoms with Gasteiger partial charge < -0.3 is 10.1 Å². The van der Waals surface area contributed by atoms with Crippen molar-refractivity contribution in [1.82, 2.24) is 10.2 Å². The molecule has 18 heavy (non-hydrogen) atoms. The van der Waals surface area contributed by atoms with Gasteiger partial charge in [0.25, 0.3) is 0 Å². The highest BCUT2D eigenvalue weighted by atomic mass is 16.5. The Morgan fingerprint density at radius 2 is 1.94 bits per heavy atom. The number of ether oxygens (including phenoxy) is 1. The van der Waals surface area contributed by atoms with Gasteiger partial charge in [-0.25, -0.2) is 0 Å². The molecule has 3 fully saturated rings. The molecule has 3 aliphatic rings. The second kappa shape index (κ2) is 4.77. The number of nitrogens with one attached hydrogen (secondary N) is 1. The maximum absolute atomic E-state index is 5.65. The molecular weight excluding hydrogens is 224 g/mol. The van der Waals surface area contributed by atoms with Crippen molar-refractivity contribution in [3.8, 4) is 0 Å². The van der Waals surface area contributed by atoms with Crippen LogP contribution in [0.3, 0.4) is 0 Å². The van der Waals surface area contributed by atoms with Gasteiger partial charge in [0, 0.05) is 36.8 Å². The molecule has 0 amide bonds. The fourth-order valence-electron chi connectivity index (χ4n) is 4.11. The van der Waals surface area contributed by atoms with E-state index in [0.717, 1.165) is 13.2 Å². The first-order valence-electron chi connectivity index (χ1n) is 7.71. The maximum Gasteiger partial charge on any atom is 0.0622 e. The molecule has 0 aromatic rings. The molecule has 1 aliphatic carbocycles. The van der Waals surface area contributed by atoms with E-state index in [9.17, 15) is 0 Å². The van der Waals surface area contributed by atoms with Crippen LogP contribution in [0.5, 0.6) is 0 Å². The molecule has 2 heterocycles. The van der Waals surface area contributed by atoms with Gasteiger partial charge in [0.1, 0.15) is 0 Å². The van der Waals surface area contributed by atoms with Crippen molar-refractivity contribution in [2.24, 2.45) is 0 Å². The Kier molecular flexibility index (Phi) is 3.41. The quantitative estimate of drug-likeness (QED) is 0.774. The molecule has 3 heteroatoms. The predicted octanol–water partition coefficient (Wildman–Crippen LogP) is 2.16. The van der Waals surface area contributed by atoms with Gasteiger partial charge in [0.15, 0.2) is 0 Å². The molecule has 0 aromatic carbocycles. The van der Waals surface area contributed by atoms with E-state index in [-0.39, 0.29) is 5.54 Å². The fraction of sp³-hybridized carbons (Fsp3) is 1.00. The highest BCUT2D eigenvalue weighted by molar-refractivity contribution is 5.05. The molecule has 1 saturated carbocycles. The van der Waals surface area contributed by atoms with Crippen LogP contribution in [0, 0.1) is 0 Å². The maximum atomic E-state index is 5.65. The van der Waals surface area contributed by atoms with Crippen molar-refractivity contribution >= 4 is 0 Å². The Hall–Kier alpha value is -0.120. The van der Waals surface area contributed by atoms with Gasteiger partial charge in [-0.15, -0.1) is 0 Å². The number of nitrogens with zero attached hydrogens (tertiary/aromatic N) is 1. The molecule has 0 radical (unpaired) electrons. The molecule has 0 aromatic heterocycles. The molecule has 3 rings (SSSR count). The monoisotopic (exact) mass is 252 g/mol. The van der Waals surface area contributed by atoms with E-state index >= 15 is 0 Å². The minimum atomic E-state index is 0.255. The second-order valence-electron chi connectivity index (χ2n) is 7.17. The molecule has 1 N–H and O–H groups in total. The molecule has 1 unspecified atom stereocenters. The summed E-state index contributed by atoms with van der Waals surface area (Å²) in [5.74, 6) is 0. The number of piperazine rings is 1. The average molecular weight is 252 g/mol. The van der Waals surface area contributed by atoms with E-state index in [1.807, 2.05) is 0 Å². The fourth-order valence-corrected chi connectivity index (χ4v) is 4.11. The summed E-state index contributed by atoms with van der Waals surface area (Å²) >= 11 is 0. The van der Waals surface area contributed by atoms with Crippen LogP contribution < -0.4 is 5.32 Å². The Labute approximate surface area is 111 Å². The summed E-state index contributed by atoms with van der Waals surface area (Å²) in [6.45, 7) is 8.96. The zero-order chi connectivity index (χ0) is 12.6. The SMILES string of the molecule is CC1(C)CN(C2CCOC2)C2(CCCCC2)CN1. The molecule has 3 nitrogen and oxygen atoms in total. The van der Waals surface area contributed by atoms with Gasteiger partial charge in [-0.05, 0) is 33.1 Å². The standard InChI is InChI=1S/C15H28N2O/c1-14(2)12-17(13-6-9-18-10-13)15(11-16-14)7-4-3-5-8-15/h13,16H,3-12H2,1-2H3. The van der Waals surface area contributed by atoms with Crippen LogP contribution >= 0.6 is 0 Å². The van der Waals surface area contributed by atoms with E-state index in [1.165, 1.54) is 51.6 Å². The predicted molar refractivity (Wildman–Crippen MR) is 73.8 cm³/mol. The van der Waals surface area contributed by atoms with Crippen molar-refractivity contribution < 1.29 is 4.74 Å². The van der Waals surface area contributed by atoms with Crippen LogP contribution in [-0.4, -0.2) is 48.3 Å². The van der Waals surface area contributed by atoms with Gasteiger partial charge in [-0.1, -0.05) is 19.3 Å². The van der Waals surface area contributed by atoms with Crippen LogP contribution in [0.2, 0.25) is 0 Å². The van der Waals surface area contributed by atoms with Gasteiger partial charge in [-0.2, -0.15) is 0 Å². The van der Waals surface area contributed by atoms with Gasteiger partial charge in [0.05, 0.1) is 6.61 Å². The normalized spacial score (nSPS) is 36.0.